The Balaban J connectivity index is 1.33. The van der Waals surface area contributed by atoms with Gasteiger partial charge in [0.1, 0.15) is 27.7 Å². The fraction of sp³-hybridized carbons (Fsp3) is 0.379. The van der Waals surface area contributed by atoms with Crippen molar-refractivity contribution < 1.29 is 32.2 Å². The van der Waals surface area contributed by atoms with Crippen LogP contribution in [0.25, 0.3) is 11.2 Å². The molecule has 2 N–H and O–H groups in total. The average Bonchev–Trinajstić information content (AvgIpc) is 3.23. The topological polar surface area (TPSA) is 116 Å². The number of imidazole rings is 1. The molecule has 0 spiro atoms. The van der Waals surface area contributed by atoms with Gasteiger partial charge in [0.05, 0.1) is 37.6 Å². The molecule has 0 radical (unpaired) electrons. The highest BCUT2D eigenvalue weighted by molar-refractivity contribution is 6.36. The molecular formula is C29H31ClF3N7O4. The van der Waals surface area contributed by atoms with Crippen LogP contribution in [0.1, 0.15) is 31.9 Å². The summed E-state index contributed by atoms with van der Waals surface area (Å²) in [6.07, 6.45) is -2.38. The highest BCUT2D eigenvalue weighted by atomic mass is 35.5. The summed E-state index contributed by atoms with van der Waals surface area (Å²) in [5.74, 6) is 1.56. The predicted octanol–water partition coefficient (Wildman–Crippen LogP) is 6.75. The number of pyridine rings is 2. The molecule has 44 heavy (non-hydrogen) atoms. The van der Waals surface area contributed by atoms with E-state index in [1.54, 1.807) is 63.8 Å². The second kappa shape index (κ2) is 12.0. The second-order valence-electron chi connectivity index (χ2n) is 11.2. The summed E-state index contributed by atoms with van der Waals surface area (Å²) in [4.78, 5) is 26.5. The van der Waals surface area contributed by atoms with Crippen LogP contribution in [0.15, 0.2) is 42.7 Å². The zero-order valence-electron chi connectivity index (χ0n) is 24.6. The maximum absolute atomic E-state index is 13.8. The van der Waals surface area contributed by atoms with Crippen molar-refractivity contribution >= 4 is 46.3 Å². The summed E-state index contributed by atoms with van der Waals surface area (Å²) >= 11 is 6.67. The predicted molar refractivity (Wildman–Crippen MR) is 158 cm³/mol. The molecule has 0 unspecified atom stereocenters. The number of hydrogen-bond acceptors (Lipinski definition) is 9. The molecule has 11 nitrogen and oxygen atoms in total. The monoisotopic (exact) mass is 633 g/mol. The molecule has 234 valence electrons. The Morgan fingerprint density at radius 2 is 1.89 bits per heavy atom. The molecule has 0 bridgehead atoms. The Kier molecular flexibility index (Phi) is 8.49. The summed E-state index contributed by atoms with van der Waals surface area (Å²) < 4.78 is 60.0. The Bertz CT molecular complexity index is 1680. The number of nitrogens with zero attached hydrogens (tertiary/aromatic N) is 5. The van der Waals surface area contributed by atoms with Gasteiger partial charge in [-0.3, -0.25) is 0 Å². The highest BCUT2D eigenvalue weighted by Gasteiger charge is 2.35. The van der Waals surface area contributed by atoms with Crippen LogP contribution in [0.2, 0.25) is 5.02 Å². The maximum Gasteiger partial charge on any atom is 0.416 e. The number of fused-ring (bicyclic) bond motifs is 1. The van der Waals surface area contributed by atoms with Gasteiger partial charge in [-0.15, -0.1) is 0 Å². The van der Waals surface area contributed by atoms with E-state index >= 15 is 0 Å². The summed E-state index contributed by atoms with van der Waals surface area (Å²) in [6.45, 7) is 5.79. The number of amides is 1. The van der Waals surface area contributed by atoms with Gasteiger partial charge in [0.2, 0.25) is 5.95 Å². The fourth-order valence-electron chi connectivity index (χ4n) is 4.41. The highest BCUT2D eigenvalue weighted by Crippen LogP contribution is 2.37. The smallest absolute Gasteiger partial charge is 0.416 e. The Hall–Kier alpha value is -4.30. The van der Waals surface area contributed by atoms with Crippen LogP contribution in [0, 0.1) is 0 Å². The lowest BCUT2D eigenvalue weighted by Crippen LogP contribution is -2.55. The van der Waals surface area contributed by atoms with Gasteiger partial charge in [-0.1, -0.05) is 11.6 Å². The van der Waals surface area contributed by atoms with E-state index in [-0.39, 0.29) is 53.9 Å². The van der Waals surface area contributed by atoms with E-state index in [2.05, 4.69) is 25.6 Å². The van der Waals surface area contributed by atoms with Crippen molar-refractivity contribution in [3.63, 3.8) is 0 Å². The van der Waals surface area contributed by atoms with Crippen molar-refractivity contribution in [2.75, 3.05) is 30.8 Å². The first-order chi connectivity index (χ1) is 20.7. The van der Waals surface area contributed by atoms with Gasteiger partial charge < -0.3 is 34.3 Å². The van der Waals surface area contributed by atoms with Crippen molar-refractivity contribution in [2.24, 2.45) is 7.05 Å². The first-order valence-corrected chi connectivity index (χ1v) is 14.0. The van der Waals surface area contributed by atoms with E-state index in [9.17, 15) is 18.0 Å². The SMILES string of the molecule is CNc1cc(Oc2cnc3nc(Nc4cc(COC5CN(C(=O)OC(C)(C)C)C5)cc(C(F)(F)F)c4)n(C)c3c2Cl)ccn1. The third-order valence-electron chi connectivity index (χ3n) is 6.58. The minimum absolute atomic E-state index is 0.0910. The van der Waals surface area contributed by atoms with Crippen LogP contribution in [0.4, 0.5) is 35.4 Å². The Morgan fingerprint density at radius 3 is 2.57 bits per heavy atom. The van der Waals surface area contributed by atoms with Crippen molar-refractivity contribution in [1.82, 2.24) is 24.4 Å². The zero-order chi connectivity index (χ0) is 31.8. The van der Waals surface area contributed by atoms with E-state index in [1.807, 2.05) is 0 Å². The number of alkyl halides is 3. The van der Waals surface area contributed by atoms with Crippen molar-refractivity contribution in [3.05, 3.63) is 58.9 Å². The minimum Gasteiger partial charge on any atom is -0.454 e. The number of likely N-dealkylation sites (tertiary alicyclic amines) is 1. The lowest BCUT2D eigenvalue weighted by atomic mass is 10.1. The molecule has 3 aromatic heterocycles. The summed E-state index contributed by atoms with van der Waals surface area (Å²) in [5, 5.41) is 6.10. The number of aryl methyl sites for hydroxylation is 1. The van der Waals surface area contributed by atoms with E-state index in [0.717, 1.165) is 12.1 Å². The minimum atomic E-state index is -4.60. The number of carbonyl (C=O) groups excluding carboxylic acids is 1. The molecule has 5 rings (SSSR count). The third kappa shape index (κ3) is 7.08. The fourth-order valence-corrected chi connectivity index (χ4v) is 4.71. The first-order valence-electron chi connectivity index (χ1n) is 13.6. The van der Waals surface area contributed by atoms with Crippen molar-refractivity contribution in [1.29, 1.82) is 0 Å². The second-order valence-corrected chi connectivity index (χ2v) is 11.6. The molecule has 4 heterocycles. The van der Waals surface area contributed by atoms with Gasteiger partial charge in [0.25, 0.3) is 0 Å². The molecule has 1 aliphatic heterocycles. The van der Waals surface area contributed by atoms with Crippen LogP contribution < -0.4 is 15.4 Å². The van der Waals surface area contributed by atoms with Gasteiger partial charge in [-0.25, -0.2) is 14.8 Å². The summed E-state index contributed by atoms with van der Waals surface area (Å²) in [7, 11) is 3.39. The molecule has 0 atom stereocenters. The van der Waals surface area contributed by atoms with Gasteiger partial charge >= 0.3 is 12.3 Å². The molecule has 0 saturated carbocycles. The zero-order valence-corrected chi connectivity index (χ0v) is 25.4. The van der Waals surface area contributed by atoms with E-state index in [1.165, 1.54) is 11.1 Å². The third-order valence-corrected chi connectivity index (χ3v) is 6.95. The summed E-state index contributed by atoms with van der Waals surface area (Å²) in [6, 6.07) is 6.92. The van der Waals surface area contributed by atoms with Crippen molar-refractivity contribution in [2.45, 2.75) is 45.3 Å². The van der Waals surface area contributed by atoms with Gasteiger partial charge in [-0.05, 0) is 50.6 Å². The number of carbonyl (C=O) groups is 1. The van der Waals surface area contributed by atoms with Crippen molar-refractivity contribution in [3.8, 4) is 11.5 Å². The van der Waals surface area contributed by atoms with Gasteiger partial charge in [0.15, 0.2) is 11.4 Å². The number of aromatic nitrogens is 4. The molecule has 15 heteroatoms. The van der Waals surface area contributed by atoms with Crippen LogP contribution in [-0.2, 0) is 29.3 Å². The molecule has 1 saturated heterocycles. The lowest BCUT2D eigenvalue weighted by Gasteiger charge is -2.39. The molecule has 4 aromatic rings. The molecular weight excluding hydrogens is 603 g/mol. The first kappa shape index (κ1) is 31.1. The number of hydrogen-bond donors (Lipinski definition) is 2. The number of ether oxygens (including phenoxy) is 3. The van der Waals surface area contributed by atoms with Gasteiger partial charge in [-0.2, -0.15) is 18.2 Å². The van der Waals surface area contributed by atoms with Crippen LogP contribution in [0.3, 0.4) is 0 Å². The molecule has 1 aliphatic rings. The van der Waals surface area contributed by atoms with Crippen LogP contribution >= 0.6 is 11.6 Å². The van der Waals surface area contributed by atoms with Crippen LogP contribution in [-0.4, -0.2) is 62.4 Å². The molecule has 0 aliphatic carbocycles. The molecule has 1 fully saturated rings. The lowest BCUT2D eigenvalue weighted by molar-refractivity contribution is -0.137. The van der Waals surface area contributed by atoms with E-state index < -0.39 is 23.4 Å². The van der Waals surface area contributed by atoms with E-state index in [4.69, 9.17) is 25.8 Å². The largest absolute Gasteiger partial charge is 0.454 e. The average molecular weight is 634 g/mol. The Labute approximate surface area is 256 Å². The molecule has 1 aromatic carbocycles. The normalized spacial score (nSPS) is 14.0. The Morgan fingerprint density at radius 1 is 1.14 bits per heavy atom. The standard InChI is InChI=1S/C29H31ClF3N7O4/c1-28(2,3)44-27(41)40-13-20(14-40)42-15-16-8-17(29(31,32)33)10-18(9-16)37-26-38-25-24(39(26)5)23(30)21(12-36-25)43-19-6-7-35-22(11-19)34-4/h6-12,20H,13-15H2,1-5H3,(H,34,35)(H,36,37,38). The van der Waals surface area contributed by atoms with Gasteiger partial charge in [0, 0.05) is 32.0 Å². The molecule has 1 amide bonds. The number of benzene rings is 1. The summed E-state index contributed by atoms with van der Waals surface area (Å²) in [5.41, 5.74) is -0.351. The van der Waals surface area contributed by atoms with Crippen LogP contribution in [0.5, 0.6) is 11.5 Å². The number of halogens is 4. The number of rotatable bonds is 8. The maximum atomic E-state index is 13.8. The quantitative estimate of drug-likeness (QED) is 0.217. The van der Waals surface area contributed by atoms with E-state index in [0.29, 0.717) is 22.6 Å². The number of anilines is 3. The number of nitrogens with one attached hydrogen (secondary N) is 2.